The molecule has 0 bridgehead atoms. The maximum Gasteiger partial charge on any atom is 0.252 e. The van der Waals surface area contributed by atoms with Crippen molar-refractivity contribution in [2.75, 3.05) is 44.3 Å². The summed E-state index contributed by atoms with van der Waals surface area (Å²) in [5.41, 5.74) is 3.03. The van der Waals surface area contributed by atoms with Gasteiger partial charge in [0, 0.05) is 37.3 Å². The molecule has 0 radical (unpaired) electrons. The number of nitrogens with zero attached hydrogens (tertiary/aromatic N) is 3. The van der Waals surface area contributed by atoms with E-state index in [0.29, 0.717) is 11.6 Å². The van der Waals surface area contributed by atoms with E-state index in [9.17, 15) is 4.79 Å². The number of ether oxygens (including phenoxy) is 1. The van der Waals surface area contributed by atoms with Crippen LogP contribution >= 0.6 is 22.9 Å². The van der Waals surface area contributed by atoms with E-state index in [2.05, 4.69) is 30.0 Å². The highest BCUT2D eigenvalue weighted by atomic mass is 35.5. The summed E-state index contributed by atoms with van der Waals surface area (Å²) in [4.78, 5) is 22.3. The number of amides is 1. The van der Waals surface area contributed by atoms with Crippen molar-refractivity contribution >= 4 is 50.3 Å². The summed E-state index contributed by atoms with van der Waals surface area (Å²) in [6, 6.07) is 13.8. The molecule has 32 heavy (non-hydrogen) atoms. The maximum absolute atomic E-state index is 13.3. The molecule has 0 N–H and O–H groups in total. The molecule has 168 valence electrons. The van der Waals surface area contributed by atoms with E-state index in [1.54, 1.807) is 28.4 Å². The zero-order valence-electron chi connectivity index (χ0n) is 18.3. The van der Waals surface area contributed by atoms with Gasteiger partial charge in [-0.05, 0) is 42.2 Å². The molecular weight excluding hydrogens is 442 g/mol. The Bertz CT molecular complexity index is 1090. The van der Waals surface area contributed by atoms with E-state index in [-0.39, 0.29) is 5.91 Å². The number of carbonyl (C=O) groups is 1. The molecule has 0 unspecified atom stereocenters. The van der Waals surface area contributed by atoms with Gasteiger partial charge in [-0.15, -0.1) is 0 Å². The van der Waals surface area contributed by atoms with Gasteiger partial charge in [-0.1, -0.05) is 60.2 Å². The topological polar surface area (TPSA) is 45.7 Å². The highest BCUT2D eigenvalue weighted by Gasteiger charge is 2.19. The maximum atomic E-state index is 13.3. The summed E-state index contributed by atoms with van der Waals surface area (Å²) in [7, 11) is 0. The normalized spacial score (nSPS) is 14.9. The van der Waals surface area contributed by atoms with Crippen LogP contribution in [0, 0.1) is 0 Å². The van der Waals surface area contributed by atoms with E-state index in [0.717, 1.165) is 66.6 Å². The van der Waals surface area contributed by atoms with Gasteiger partial charge < -0.3 is 4.74 Å². The molecule has 3 aromatic rings. The van der Waals surface area contributed by atoms with Crippen molar-refractivity contribution in [3.8, 4) is 0 Å². The average Bonchev–Trinajstić information content (AvgIpc) is 3.26. The van der Waals surface area contributed by atoms with Crippen molar-refractivity contribution in [3.05, 3.63) is 64.7 Å². The van der Waals surface area contributed by atoms with E-state index in [1.807, 2.05) is 24.3 Å². The highest BCUT2D eigenvalue weighted by Crippen LogP contribution is 2.31. The number of aryl methyl sites for hydroxylation is 1. The summed E-state index contributed by atoms with van der Waals surface area (Å²) in [6.07, 6.45) is 5.17. The summed E-state index contributed by atoms with van der Waals surface area (Å²) < 4.78 is 6.55. The van der Waals surface area contributed by atoms with Gasteiger partial charge in [0.1, 0.15) is 0 Å². The van der Waals surface area contributed by atoms with E-state index in [1.165, 1.54) is 5.56 Å². The second-order valence-electron chi connectivity index (χ2n) is 7.77. The Morgan fingerprint density at radius 1 is 1.22 bits per heavy atom. The highest BCUT2D eigenvalue weighted by molar-refractivity contribution is 7.22. The van der Waals surface area contributed by atoms with Crippen LogP contribution in [0.15, 0.2) is 48.5 Å². The number of hydrogen-bond donors (Lipinski definition) is 0. The van der Waals surface area contributed by atoms with Crippen LogP contribution in [0.2, 0.25) is 5.02 Å². The molecule has 0 atom stereocenters. The van der Waals surface area contributed by atoms with Crippen LogP contribution in [0.1, 0.15) is 24.5 Å². The quantitative estimate of drug-likeness (QED) is 0.421. The molecule has 0 aliphatic carbocycles. The average molecular weight is 470 g/mol. The van der Waals surface area contributed by atoms with Gasteiger partial charge in [-0.25, -0.2) is 4.98 Å². The Kier molecular flexibility index (Phi) is 7.92. The van der Waals surface area contributed by atoms with Gasteiger partial charge in [0.25, 0.3) is 5.91 Å². The van der Waals surface area contributed by atoms with Crippen LogP contribution < -0.4 is 4.90 Å². The number of fused-ring (bicyclic) bond motifs is 1. The summed E-state index contributed by atoms with van der Waals surface area (Å²) in [6.45, 7) is 7.13. The number of hydrogen-bond acceptors (Lipinski definition) is 5. The third-order valence-electron chi connectivity index (χ3n) is 5.64. The number of halogens is 1. The van der Waals surface area contributed by atoms with Crippen LogP contribution in [-0.2, 0) is 16.0 Å². The fraction of sp³-hybridized carbons (Fsp3) is 0.360. The van der Waals surface area contributed by atoms with Crippen LogP contribution in [-0.4, -0.2) is 55.2 Å². The summed E-state index contributed by atoms with van der Waals surface area (Å²) in [5.74, 6) is -0.0796. The molecule has 1 aliphatic heterocycles. The first-order valence-electron chi connectivity index (χ1n) is 11.1. The first-order valence-corrected chi connectivity index (χ1v) is 12.3. The molecule has 0 saturated carbocycles. The minimum atomic E-state index is -0.0796. The van der Waals surface area contributed by atoms with E-state index in [4.69, 9.17) is 21.3 Å². The molecule has 1 aliphatic rings. The smallest absolute Gasteiger partial charge is 0.252 e. The first-order chi connectivity index (χ1) is 15.7. The van der Waals surface area contributed by atoms with Crippen molar-refractivity contribution in [2.24, 2.45) is 0 Å². The molecule has 1 saturated heterocycles. The summed E-state index contributed by atoms with van der Waals surface area (Å²) in [5, 5.41) is 1.37. The largest absolute Gasteiger partial charge is 0.379 e. The van der Waals surface area contributed by atoms with Crippen LogP contribution in [0.25, 0.3) is 16.3 Å². The number of para-hydroxylation sites is 1. The Labute approximate surface area is 198 Å². The van der Waals surface area contributed by atoms with Gasteiger partial charge >= 0.3 is 0 Å². The second kappa shape index (κ2) is 11.1. The lowest BCUT2D eigenvalue weighted by Crippen LogP contribution is -2.39. The standard InChI is InChI=1S/C25H28ClN3O2S/c1-2-19-8-5-10-22-24(19)27-25(32-22)29(14-6-13-28-15-17-31-18-16-28)23(30)12-11-20-7-3-4-9-21(20)26/h3-5,7-12H,2,6,13-18H2,1H3/b12-11+. The first kappa shape index (κ1) is 22.9. The van der Waals surface area contributed by atoms with Crippen molar-refractivity contribution in [1.29, 1.82) is 0 Å². The Balaban J connectivity index is 1.55. The second-order valence-corrected chi connectivity index (χ2v) is 9.18. The molecule has 2 aromatic carbocycles. The lowest BCUT2D eigenvalue weighted by atomic mass is 10.1. The molecule has 2 heterocycles. The fourth-order valence-electron chi connectivity index (χ4n) is 3.83. The SMILES string of the molecule is CCc1cccc2sc(N(CCCN3CCOCC3)C(=O)/C=C/c3ccccc3Cl)nc12. The lowest BCUT2D eigenvalue weighted by molar-refractivity contribution is -0.114. The number of rotatable bonds is 8. The van der Waals surface area contributed by atoms with Crippen LogP contribution in [0.4, 0.5) is 5.13 Å². The zero-order chi connectivity index (χ0) is 22.3. The number of benzene rings is 2. The molecule has 1 fully saturated rings. The van der Waals surface area contributed by atoms with Crippen molar-refractivity contribution in [2.45, 2.75) is 19.8 Å². The lowest BCUT2D eigenvalue weighted by Gasteiger charge is -2.27. The number of aromatic nitrogens is 1. The molecular formula is C25H28ClN3O2S. The van der Waals surface area contributed by atoms with Crippen LogP contribution in [0.5, 0.6) is 0 Å². The number of anilines is 1. The Morgan fingerprint density at radius 3 is 2.81 bits per heavy atom. The number of morpholine rings is 1. The zero-order valence-corrected chi connectivity index (χ0v) is 19.9. The van der Waals surface area contributed by atoms with Gasteiger partial charge in [0.05, 0.1) is 23.4 Å². The molecule has 4 rings (SSSR count). The predicted molar refractivity (Wildman–Crippen MR) is 134 cm³/mol. The summed E-state index contributed by atoms with van der Waals surface area (Å²) >= 11 is 7.83. The molecule has 7 heteroatoms. The number of carbonyl (C=O) groups excluding carboxylic acids is 1. The van der Waals surface area contributed by atoms with Gasteiger partial charge in [-0.3, -0.25) is 14.6 Å². The van der Waals surface area contributed by atoms with Gasteiger partial charge in [0.15, 0.2) is 5.13 Å². The molecule has 1 aromatic heterocycles. The minimum Gasteiger partial charge on any atom is -0.379 e. The third kappa shape index (κ3) is 5.56. The minimum absolute atomic E-state index is 0.0796. The molecule has 1 amide bonds. The van der Waals surface area contributed by atoms with Crippen molar-refractivity contribution in [1.82, 2.24) is 9.88 Å². The fourth-order valence-corrected chi connectivity index (χ4v) is 5.08. The van der Waals surface area contributed by atoms with E-state index >= 15 is 0 Å². The van der Waals surface area contributed by atoms with E-state index < -0.39 is 0 Å². The van der Waals surface area contributed by atoms with Gasteiger partial charge in [-0.2, -0.15) is 0 Å². The Morgan fingerprint density at radius 2 is 2.03 bits per heavy atom. The third-order valence-corrected chi connectivity index (χ3v) is 7.03. The Hall–Kier alpha value is -2.25. The van der Waals surface area contributed by atoms with Crippen LogP contribution in [0.3, 0.4) is 0 Å². The van der Waals surface area contributed by atoms with Crippen molar-refractivity contribution < 1.29 is 9.53 Å². The monoisotopic (exact) mass is 469 g/mol. The van der Waals surface area contributed by atoms with Crippen molar-refractivity contribution in [3.63, 3.8) is 0 Å². The predicted octanol–water partition coefficient (Wildman–Crippen LogP) is 5.28. The molecule has 5 nitrogen and oxygen atoms in total. The molecule has 0 spiro atoms. The van der Waals surface area contributed by atoms with Gasteiger partial charge in [0.2, 0.25) is 0 Å². The number of thiazole rings is 1.